The van der Waals surface area contributed by atoms with Gasteiger partial charge in [0.15, 0.2) is 0 Å². The summed E-state index contributed by atoms with van der Waals surface area (Å²) in [6, 6.07) is 2.54. The van der Waals surface area contributed by atoms with Crippen molar-refractivity contribution < 1.29 is 4.79 Å². The largest absolute Gasteiger partial charge is 0.337 e. The molecule has 6 nitrogen and oxygen atoms in total. The molecule has 1 unspecified atom stereocenters. The Morgan fingerprint density at radius 2 is 2.29 bits per heavy atom. The Morgan fingerprint density at radius 3 is 3.17 bits per heavy atom. The van der Waals surface area contributed by atoms with Crippen molar-refractivity contribution in [2.24, 2.45) is 0 Å². The Balaban J connectivity index is 1.38. The first kappa shape index (κ1) is 15.8. The Bertz CT molecular complexity index is 683. The van der Waals surface area contributed by atoms with Crippen LogP contribution in [0.2, 0.25) is 0 Å². The van der Waals surface area contributed by atoms with Gasteiger partial charge in [0.2, 0.25) is 5.91 Å². The minimum atomic E-state index is 0.261. The van der Waals surface area contributed by atoms with Crippen LogP contribution in [0.4, 0.5) is 0 Å². The number of piperidine rings is 1. The second-order valence-corrected chi connectivity index (χ2v) is 7.67. The van der Waals surface area contributed by atoms with Gasteiger partial charge in [-0.3, -0.25) is 14.4 Å². The van der Waals surface area contributed by atoms with Gasteiger partial charge < -0.3 is 4.90 Å². The average Bonchev–Trinajstić information content (AvgIpc) is 3.27. The molecule has 1 saturated heterocycles. The molecular formula is C17H23N5OS. The van der Waals surface area contributed by atoms with Crippen LogP contribution in [-0.4, -0.2) is 56.1 Å². The smallest absolute Gasteiger partial charge is 0.237 e. The molecule has 0 aliphatic carbocycles. The second kappa shape index (κ2) is 7.03. The average molecular weight is 345 g/mol. The molecule has 4 rings (SSSR count). The molecule has 2 aromatic rings. The molecule has 0 radical (unpaired) electrons. The Morgan fingerprint density at radius 1 is 1.33 bits per heavy atom. The zero-order valence-electron chi connectivity index (χ0n) is 13.8. The van der Waals surface area contributed by atoms with Crippen LogP contribution in [0.5, 0.6) is 0 Å². The maximum absolute atomic E-state index is 12.8. The van der Waals surface area contributed by atoms with Gasteiger partial charge in [-0.1, -0.05) is 6.42 Å². The summed E-state index contributed by atoms with van der Waals surface area (Å²) >= 11 is 1.81. The number of rotatable bonds is 4. The fraction of sp³-hybridized carbons (Fsp3) is 0.588. The van der Waals surface area contributed by atoms with Crippen molar-refractivity contribution in [2.45, 2.75) is 44.8 Å². The van der Waals surface area contributed by atoms with Gasteiger partial charge in [0.1, 0.15) is 12.7 Å². The molecule has 2 aliphatic rings. The van der Waals surface area contributed by atoms with Crippen molar-refractivity contribution in [1.82, 2.24) is 24.6 Å². The highest BCUT2D eigenvalue weighted by Gasteiger charge is 2.28. The number of likely N-dealkylation sites (tertiary alicyclic amines) is 1. The van der Waals surface area contributed by atoms with Gasteiger partial charge in [-0.2, -0.15) is 5.10 Å². The molecule has 0 aromatic carbocycles. The van der Waals surface area contributed by atoms with Crippen molar-refractivity contribution in [3.8, 4) is 0 Å². The fourth-order valence-electron chi connectivity index (χ4n) is 3.75. The zero-order chi connectivity index (χ0) is 16.4. The Labute approximate surface area is 146 Å². The summed E-state index contributed by atoms with van der Waals surface area (Å²) in [6.07, 6.45) is 7.87. The van der Waals surface area contributed by atoms with Crippen LogP contribution in [0.3, 0.4) is 0 Å². The quantitative estimate of drug-likeness (QED) is 0.848. The number of carbonyl (C=O) groups is 1. The highest BCUT2D eigenvalue weighted by molar-refractivity contribution is 7.10. The summed E-state index contributed by atoms with van der Waals surface area (Å²) in [5.74, 6) is 0.261. The highest BCUT2D eigenvalue weighted by atomic mass is 32.1. The van der Waals surface area contributed by atoms with Crippen molar-refractivity contribution in [3.05, 3.63) is 34.5 Å². The lowest BCUT2D eigenvalue weighted by Crippen LogP contribution is -2.49. The van der Waals surface area contributed by atoms with E-state index in [-0.39, 0.29) is 5.91 Å². The molecule has 2 aliphatic heterocycles. The number of thiophene rings is 1. The van der Waals surface area contributed by atoms with E-state index >= 15 is 0 Å². The van der Waals surface area contributed by atoms with E-state index in [1.165, 1.54) is 23.3 Å². The van der Waals surface area contributed by atoms with Gasteiger partial charge in [-0.05, 0) is 42.8 Å². The third kappa shape index (κ3) is 3.37. The van der Waals surface area contributed by atoms with Gasteiger partial charge >= 0.3 is 0 Å². The summed E-state index contributed by atoms with van der Waals surface area (Å²) in [6.45, 7) is 3.98. The number of amides is 1. The van der Waals surface area contributed by atoms with Crippen LogP contribution in [0.25, 0.3) is 0 Å². The van der Waals surface area contributed by atoms with Gasteiger partial charge in [0.25, 0.3) is 0 Å². The summed E-state index contributed by atoms with van der Waals surface area (Å²) < 4.78 is 1.88. The third-order valence-corrected chi connectivity index (χ3v) is 6.14. The van der Waals surface area contributed by atoms with E-state index in [9.17, 15) is 4.79 Å². The van der Waals surface area contributed by atoms with E-state index in [4.69, 9.17) is 0 Å². The van der Waals surface area contributed by atoms with Crippen LogP contribution in [0.15, 0.2) is 24.1 Å². The SMILES string of the molecule is O=C(CN1CCCCC1Cn1cncn1)N1CCc2sccc2C1. The standard InChI is InChI=1S/C17H23N5OS/c23-17(21-7-4-16-14(9-21)5-8-24-16)11-20-6-2-1-3-15(20)10-22-13-18-12-19-22/h5,8,12-13,15H,1-4,6-7,9-11H2. The number of aromatic nitrogens is 3. The van der Waals surface area contributed by atoms with Crippen molar-refractivity contribution >= 4 is 17.2 Å². The van der Waals surface area contributed by atoms with E-state index in [1.54, 1.807) is 12.7 Å². The molecule has 1 atom stereocenters. The molecule has 0 bridgehead atoms. The Hall–Kier alpha value is -1.73. The molecule has 0 N–H and O–H groups in total. The van der Waals surface area contributed by atoms with Crippen LogP contribution >= 0.6 is 11.3 Å². The first-order valence-electron chi connectivity index (χ1n) is 8.69. The number of hydrogen-bond acceptors (Lipinski definition) is 5. The predicted octanol–water partition coefficient (Wildman–Crippen LogP) is 1.78. The molecule has 0 saturated carbocycles. The van der Waals surface area contributed by atoms with Crippen LogP contribution in [-0.2, 0) is 24.3 Å². The lowest BCUT2D eigenvalue weighted by Gasteiger charge is -2.37. The van der Waals surface area contributed by atoms with Gasteiger partial charge in [0.05, 0.1) is 13.1 Å². The Kier molecular flexibility index (Phi) is 4.62. The molecule has 0 spiro atoms. The first-order chi connectivity index (χ1) is 11.8. The monoisotopic (exact) mass is 345 g/mol. The molecular weight excluding hydrogens is 322 g/mol. The lowest BCUT2D eigenvalue weighted by atomic mass is 10.0. The predicted molar refractivity (Wildman–Crippen MR) is 92.7 cm³/mol. The van der Waals surface area contributed by atoms with Crippen LogP contribution < -0.4 is 0 Å². The lowest BCUT2D eigenvalue weighted by molar-refractivity contribution is -0.134. The minimum Gasteiger partial charge on any atom is -0.337 e. The highest BCUT2D eigenvalue weighted by Crippen LogP contribution is 2.25. The van der Waals surface area contributed by atoms with Gasteiger partial charge in [-0.15, -0.1) is 11.3 Å². The molecule has 1 fully saturated rings. The maximum atomic E-state index is 12.8. The number of fused-ring (bicyclic) bond motifs is 1. The van der Waals surface area contributed by atoms with E-state index in [2.05, 4.69) is 26.4 Å². The minimum absolute atomic E-state index is 0.261. The first-order valence-corrected chi connectivity index (χ1v) is 9.57. The van der Waals surface area contributed by atoms with Crippen molar-refractivity contribution in [2.75, 3.05) is 19.6 Å². The molecule has 1 amide bonds. The number of carbonyl (C=O) groups excluding carboxylic acids is 1. The van der Waals surface area contributed by atoms with Crippen LogP contribution in [0, 0.1) is 0 Å². The maximum Gasteiger partial charge on any atom is 0.237 e. The summed E-state index contributed by atoms with van der Waals surface area (Å²) in [4.78, 5) is 22.6. The zero-order valence-corrected chi connectivity index (χ0v) is 14.6. The topological polar surface area (TPSA) is 54.3 Å². The van der Waals surface area contributed by atoms with E-state index in [0.717, 1.165) is 39.0 Å². The molecule has 128 valence electrons. The molecule has 4 heterocycles. The fourth-order valence-corrected chi connectivity index (χ4v) is 4.64. The second-order valence-electron chi connectivity index (χ2n) is 6.67. The van der Waals surface area contributed by atoms with Crippen LogP contribution in [0.1, 0.15) is 29.7 Å². The number of nitrogens with zero attached hydrogens (tertiary/aromatic N) is 5. The van der Waals surface area contributed by atoms with E-state index in [0.29, 0.717) is 12.6 Å². The van der Waals surface area contributed by atoms with Gasteiger partial charge in [0, 0.05) is 24.0 Å². The van der Waals surface area contributed by atoms with Crippen molar-refractivity contribution in [1.29, 1.82) is 0 Å². The summed E-state index contributed by atoms with van der Waals surface area (Å²) in [5, 5.41) is 6.35. The molecule has 24 heavy (non-hydrogen) atoms. The summed E-state index contributed by atoms with van der Waals surface area (Å²) in [7, 11) is 0. The van der Waals surface area contributed by atoms with Crippen molar-refractivity contribution in [3.63, 3.8) is 0 Å². The van der Waals surface area contributed by atoms with Gasteiger partial charge in [-0.25, -0.2) is 4.98 Å². The third-order valence-electron chi connectivity index (χ3n) is 5.11. The number of hydrogen-bond donors (Lipinski definition) is 0. The molecule has 7 heteroatoms. The summed E-state index contributed by atoms with van der Waals surface area (Å²) in [5.41, 5.74) is 1.33. The van der Waals surface area contributed by atoms with E-state index < -0.39 is 0 Å². The normalized spacial score (nSPS) is 21.7. The molecule has 2 aromatic heterocycles. The van der Waals surface area contributed by atoms with E-state index in [1.807, 2.05) is 20.9 Å².